The molecule has 0 spiro atoms. The van der Waals surface area contributed by atoms with Crippen LogP contribution in [-0.2, 0) is 6.54 Å². The van der Waals surface area contributed by atoms with Crippen LogP contribution in [0.3, 0.4) is 0 Å². The quantitative estimate of drug-likeness (QED) is 0.536. The van der Waals surface area contributed by atoms with Gasteiger partial charge in [-0.05, 0) is 53.9 Å². The predicted octanol–water partition coefficient (Wildman–Crippen LogP) is 4.93. The van der Waals surface area contributed by atoms with Crippen molar-refractivity contribution in [3.63, 3.8) is 0 Å². The molecule has 0 saturated carbocycles. The smallest absolute Gasteiger partial charge is 0.253 e. The second kappa shape index (κ2) is 9.85. The van der Waals surface area contributed by atoms with E-state index in [2.05, 4.69) is 10.3 Å². The number of rotatable bonds is 8. The number of carbonyl (C=O) groups is 2. The molecular weight excluding hydrogens is 388 g/mol. The maximum absolute atomic E-state index is 12.5. The standard InChI is InChI=1S/C23H21ClN2O3/c1-2-10-29-20-6-7-21(22(24)13-20)23(28)26-14-19-12-18(8-9-25-19)17-5-3-4-16(11-17)15-27/h3-9,11-13,15H,2,10,14H2,1H3,(H,26,28). The number of nitrogens with one attached hydrogen (secondary N) is 1. The maximum Gasteiger partial charge on any atom is 0.253 e. The molecule has 0 radical (unpaired) electrons. The fraction of sp³-hybridized carbons (Fsp3) is 0.174. The van der Waals surface area contributed by atoms with E-state index in [9.17, 15) is 9.59 Å². The summed E-state index contributed by atoms with van der Waals surface area (Å²) < 4.78 is 5.52. The Bertz CT molecular complexity index is 1020. The van der Waals surface area contributed by atoms with Gasteiger partial charge in [0.1, 0.15) is 12.0 Å². The summed E-state index contributed by atoms with van der Waals surface area (Å²) in [5, 5.41) is 3.17. The van der Waals surface area contributed by atoms with E-state index in [1.54, 1.807) is 30.5 Å². The predicted molar refractivity (Wildman–Crippen MR) is 113 cm³/mol. The van der Waals surface area contributed by atoms with Gasteiger partial charge < -0.3 is 10.1 Å². The molecule has 0 bridgehead atoms. The van der Waals surface area contributed by atoms with Crippen molar-refractivity contribution in [2.45, 2.75) is 19.9 Å². The summed E-state index contributed by atoms with van der Waals surface area (Å²) in [6.45, 7) is 2.87. The molecule has 0 unspecified atom stereocenters. The van der Waals surface area contributed by atoms with Crippen LogP contribution in [0.5, 0.6) is 5.75 Å². The molecule has 1 heterocycles. The van der Waals surface area contributed by atoms with Crippen molar-refractivity contribution in [3.8, 4) is 16.9 Å². The fourth-order valence-electron chi connectivity index (χ4n) is 2.80. The summed E-state index contributed by atoms with van der Waals surface area (Å²) in [5.74, 6) is 0.354. The van der Waals surface area contributed by atoms with Crippen LogP contribution in [0.4, 0.5) is 0 Å². The van der Waals surface area contributed by atoms with Crippen LogP contribution in [0.25, 0.3) is 11.1 Å². The normalized spacial score (nSPS) is 10.4. The summed E-state index contributed by atoms with van der Waals surface area (Å²) in [6.07, 6.45) is 3.39. The number of benzene rings is 2. The average Bonchev–Trinajstić information content (AvgIpc) is 2.76. The third kappa shape index (κ3) is 5.42. The number of amides is 1. The van der Waals surface area contributed by atoms with Crippen LogP contribution in [0.15, 0.2) is 60.8 Å². The molecule has 0 atom stereocenters. The minimum Gasteiger partial charge on any atom is -0.494 e. The lowest BCUT2D eigenvalue weighted by Crippen LogP contribution is -2.23. The summed E-state index contributed by atoms with van der Waals surface area (Å²) >= 11 is 6.23. The molecule has 0 saturated heterocycles. The fourth-order valence-corrected chi connectivity index (χ4v) is 3.06. The van der Waals surface area contributed by atoms with Crippen molar-refractivity contribution in [2.75, 3.05) is 6.61 Å². The molecular formula is C23H21ClN2O3. The van der Waals surface area contributed by atoms with Gasteiger partial charge in [0.2, 0.25) is 0 Å². The van der Waals surface area contributed by atoms with Crippen molar-refractivity contribution in [1.29, 1.82) is 0 Å². The van der Waals surface area contributed by atoms with Gasteiger partial charge in [0.15, 0.2) is 0 Å². The van der Waals surface area contributed by atoms with E-state index in [4.69, 9.17) is 16.3 Å². The third-order valence-corrected chi connectivity index (χ3v) is 4.57. The molecule has 29 heavy (non-hydrogen) atoms. The Balaban J connectivity index is 1.68. The van der Waals surface area contributed by atoms with E-state index in [-0.39, 0.29) is 12.5 Å². The third-order valence-electron chi connectivity index (χ3n) is 4.26. The number of aldehydes is 1. The highest BCUT2D eigenvalue weighted by molar-refractivity contribution is 6.34. The SMILES string of the molecule is CCCOc1ccc(C(=O)NCc2cc(-c3cccc(C=O)c3)ccn2)c(Cl)c1. The second-order valence-corrected chi connectivity index (χ2v) is 6.86. The summed E-state index contributed by atoms with van der Waals surface area (Å²) in [5.41, 5.74) is 3.52. The zero-order valence-corrected chi connectivity index (χ0v) is 16.8. The van der Waals surface area contributed by atoms with Crippen LogP contribution < -0.4 is 10.1 Å². The van der Waals surface area contributed by atoms with Gasteiger partial charge in [-0.3, -0.25) is 14.6 Å². The van der Waals surface area contributed by atoms with Crippen LogP contribution in [0.2, 0.25) is 5.02 Å². The molecule has 6 heteroatoms. The number of carbonyl (C=O) groups excluding carboxylic acids is 2. The number of halogens is 1. The average molecular weight is 409 g/mol. The molecule has 1 aromatic heterocycles. The topological polar surface area (TPSA) is 68.3 Å². The Hall–Kier alpha value is -3.18. The highest BCUT2D eigenvalue weighted by Crippen LogP contribution is 2.23. The Morgan fingerprint density at radius 2 is 1.97 bits per heavy atom. The van der Waals surface area contributed by atoms with E-state index >= 15 is 0 Å². The molecule has 1 N–H and O–H groups in total. The molecule has 1 amide bonds. The van der Waals surface area contributed by atoms with Crippen molar-refractivity contribution >= 4 is 23.8 Å². The molecule has 0 fully saturated rings. The number of pyridine rings is 1. The summed E-state index contributed by atoms with van der Waals surface area (Å²) in [7, 11) is 0. The van der Waals surface area contributed by atoms with E-state index in [0.29, 0.717) is 34.2 Å². The minimum atomic E-state index is -0.285. The zero-order chi connectivity index (χ0) is 20.6. The van der Waals surface area contributed by atoms with Gasteiger partial charge in [0.25, 0.3) is 5.91 Å². The number of hydrogen-bond acceptors (Lipinski definition) is 4. The lowest BCUT2D eigenvalue weighted by molar-refractivity contribution is 0.0950. The molecule has 148 valence electrons. The Morgan fingerprint density at radius 1 is 1.14 bits per heavy atom. The Labute approximate surface area is 174 Å². The van der Waals surface area contributed by atoms with Gasteiger partial charge in [0.05, 0.1) is 29.4 Å². The van der Waals surface area contributed by atoms with Gasteiger partial charge in [-0.15, -0.1) is 0 Å². The second-order valence-electron chi connectivity index (χ2n) is 6.45. The Kier molecular flexibility index (Phi) is 6.98. The highest BCUT2D eigenvalue weighted by Gasteiger charge is 2.12. The van der Waals surface area contributed by atoms with Crippen molar-refractivity contribution in [2.24, 2.45) is 0 Å². The minimum absolute atomic E-state index is 0.254. The van der Waals surface area contributed by atoms with Crippen LogP contribution in [0.1, 0.15) is 39.8 Å². The van der Waals surface area contributed by atoms with Gasteiger partial charge in [-0.2, -0.15) is 0 Å². The first-order chi connectivity index (χ1) is 14.1. The van der Waals surface area contributed by atoms with E-state index in [0.717, 1.165) is 23.8 Å². The Morgan fingerprint density at radius 3 is 2.72 bits per heavy atom. The summed E-state index contributed by atoms with van der Waals surface area (Å²) in [4.78, 5) is 27.8. The number of ether oxygens (including phenoxy) is 1. The maximum atomic E-state index is 12.5. The van der Waals surface area contributed by atoms with Gasteiger partial charge in [-0.25, -0.2) is 0 Å². The van der Waals surface area contributed by atoms with Crippen LogP contribution >= 0.6 is 11.6 Å². The van der Waals surface area contributed by atoms with E-state index in [1.165, 1.54) is 0 Å². The zero-order valence-electron chi connectivity index (χ0n) is 16.0. The first-order valence-electron chi connectivity index (χ1n) is 9.32. The van der Waals surface area contributed by atoms with E-state index in [1.807, 2.05) is 37.3 Å². The first-order valence-corrected chi connectivity index (χ1v) is 9.69. The lowest BCUT2D eigenvalue weighted by atomic mass is 10.0. The number of hydrogen-bond donors (Lipinski definition) is 1. The van der Waals surface area contributed by atoms with Gasteiger partial charge in [0, 0.05) is 11.8 Å². The van der Waals surface area contributed by atoms with Gasteiger partial charge in [-0.1, -0.05) is 36.7 Å². The number of nitrogens with zero attached hydrogens (tertiary/aromatic N) is 1. The molecule has 0 aliphatic rings. The van der Waals surface area contributed by atoms with E-state index < -0.39 is 0 Å². The first kappa shape index (κ1) is 20.6. The van der Waals surface area contributed by atoms with Crippen molar-refractivity contribution in [1.82, 2.24) is 10.3 Å². The molecule has 0 aliphatic heterocycles. The van der Waals surface area contributed by atoms with Gasteiger partial charge >= 0.3 is 0 Å². The van der Waals surface area contributed by atoms with Crippen molar-refractivity contribution < 1.29 is 14.3 Å². The molecule has 2 aromatic carbocycles. The molecule has 5 nitrogen and oxygen atoms in total. The highest BCUT2D eigenvalue weighted by atomic mass is 35.5. The largest absolute Gasteiger partial charge is 0.494 e. The number of aromatic nitrogens is 1. The van der Waals surface area contributed by atoms with Crippen molar-refractivity contribution in [3.05, 3.63) is 82.6 Å². The van der Waals surface area contributed by atoms with Crippen LogP contribution in [-0.4, -0.2) is 23.8 Å². The monoisotopic (exact) mass is 408 g/mol. The summed E-state index contributed by atoms with van der Waals surface area (Å²) in [6, 6.07) is 16.1. The molecule has 0 aliphatic carbocycles. The molecule has 3 rings (SSSR count). The molecule has 3 aromatic rings. The van der Waals surface area contributed by atoms with Crippen LogP contribution in [0, 0.1) is 0 Å². The lowest BCUT2D eigenvalue weighted by Gasteiger charge is -2.10.